The molecule has 2 heterocycles. The summed E-state index contributed by atoms with van der Waals surface area (Å²) in [5.74, 6) is 0. The second-order valence-electron chi connectivity index (χ2n) is 2.12. The third-order valence-corrected chi connectivity index (χ3v) is 1.43. The summed E-state index contributed by atoms with van der Waals surface area (Å²) in [4.78, 5) is 7.79. The quantitative estimate of drug-likeness (QED) is 0.397. The molecule has 2 aromatic rings. The van der Waals surface area contributed by atoms with Crippen LogP contribution in [0, 0.1) is 5.21 Å². The van der Waals surface area contributed by atoms with Crippen LogP contribution >= 0.6 is 0 Å². The second-order valence-corrected chi connectivity index (χ2v) is 2.12. The number of rotatable bonds is 0. The SMILES string of the molecule is [O-][n+]1ccnc2ccncc21. The summed E-state index contributed by atoms with van der Waals surface area (Å²) in [7, 11) is 0. The smallest absolute Gasteiger partial charge is 0.260 e. The summed E-state index contributed by atoms with van der Waals surface area (Å²) in [5.41, 5.74) is 1.16. The maximum absolute atomic E-state index is 11.0. The Hall–Kier alpha value is -1.71. The van der Waals surface area contributed by atoms with E-state index in [0.29, 0.717) is 11.0 Å². The highest BCUT2D eigenvalue weighted by atomic mass is 16.5. The normalized spacial score (nSPS) is 10.2. The highest BCUT2D eigenvalue weighted by Gasteiger charge is 2.00. The van der Waals surface area contributed by atoms with Crippen molar-refractivity contribution in [3.8, 4) is 0 Å². The summed E-state index contributed by atoms with van der Waals surface area (Å²) in [6.07, 6.45) is 5.92. The highest BCUT2D eigenvalue weighted by Crippen LogP contribution is 2.00. The topological polar surface area (TPSA) is 52.7 Å². The second kappa shape index (κ2) is 2.16. The molecule has 0 spiro atoms. The van der Waals surface area contributed by atoms with Crippen molar-refractivity contribution in [1.82, 2.24) is 9.97 Å². The maximum Gasteiger partial charge on any atom is 0.260 e. The van der Waals surface area contributed by atoms with Gasteiger partial charge >= 0.3 is 0 Å². The van der Waals surface area contributed by atoms with Crippen LogP contribution in [0.1, 0.15) is 0 Å². The third kappa shape index (κ3) is 0.881. The number of aromatic nitrogens is 3. The van der Waals surface area contributed by atoms with Gasteiger partial charge in [-0.1, -0.05) is 0 Å². The van der Waals surface area contributed by atoms with E-state index in [1.54, 1.807) is 12.3 Å². The van der Waals surface area contributed by atoms with E-state index in [9.17, 15) is 5.21 Å². The van der Waals surface area contributed by atoms with E-state index >= 15 is 0 Å². The number of nitrogens with zero attached hydrogens (tertiary/aromatic N) is 3. The van der Waals surface area contributed by atoms with E-state index in [2.05, 4.69) is 9.97 Å². The molecule has 2 rings (SSSR count). The van der Waals surface area contributed by atoms with Crippen LogP contribution in [0.25, 0.3) is 11.0 Å². The van der Waals surface area contributed by atoms with Crippen molar-refractivity contribution in [2.45, 2.75) is 0 Å². The van der Waals surface area contributed by atoms with E-state index < -0.39 is 0 Å². The molecule has 0 saturated carbocycles. The number of fused-ring (bicyclic) bond motifs is 1. The average molecular weight is 147 g/mol. The van der Waals surface area contributed by atoms with Gasteiger partial charge in [0.15, 0.2) is 6.20 Å². The van der Waals surface area contributed by atoms with Crippen LogP contribution in [-0.2, 0) is 0 Å². The zero-order valence-corrected chi connectivity index (χ0v) is 5.64. The molecule has 0 aliphatic heterocycles. The van der Waals surface area contributed by atoms with Gasteiger partial charge in [-0.3, -0.25) is 4.98 Å². The Kier molecular flexibility index (Phi) is 1.18. The van der Waals surface area contributed by atoms with Crippen molar-refractivity contribution in [3.05, 3.63) is 36.1 Å². The summed E-state index contributed by atoms with van der Waals surface area (Å²) in [6, 6.07) is 1.70. The monoisotopic (exact) mass is 147 g/mol. The first-order valence-electron chi connectivity index (χ1n) is 3.16. The minimum absolute atomic E-state index is 0.495. The van der Waals surface area contributed by atoms with Gasteiger partial charge in [-0.25, -0.2) is 4.98 Å². The maximum atomic E-state index is 11.0. The molecule has 0 aromatic carbocycles. The molecular formula is C7H5N3O. The first-order chi connectivity index (χ1) is 5.38. The van der Waals surface area contributed by atoms with Crippen molar-refractivity contribution in [2.24, 2.45) is 0 Å². The van der Waals surface area contributed by atoms with Crippen molar-refractivity contribution in [1.29, 1.82) is 0 Å². The van der Waals surface area contributed by atoms with Crippen LogP contribution in [0.5, 0.6) is 0 Å². The molecule has 0 bridgehead atoms. The first kappa shape index (κ1) is 6.03. The summed E-state index contributed by atoms with van der Waals surface area (Å²) >= 11 is 0. The van der Waals surface area contributed by atoms with Crippen LogP contribution in [0.2, 0.25) is 0 Å². The molecule has 0 radical (unpaired) electrons. The lowest BCUT2D eigenvalue weighted by Crippen LogP contribution is -2.26. The van der Waals surface area contributed by atoms with Crippen LogP contribution in [0.4, 0.5) is 0 Å². The van der Waals surface area contributed by atoms with Crippen molar-refractivity contribution < 1.29 is 4.73 Å². The van der Waals surface area contributed by atoms with Gasteiger partial charge < -0.3 is 5.21 Å². The van der Waals surface area contributed by atoms with Crippen LogP contribution in [0.15, 0.2) is 30.9 Å². The van der Waals surface area contributed by atoms with Gasteiger partial charge in [0, 0.05) is 6.20 Å². The Morgan fingerprint density at radius 1 is 1.36 bits per heavy atom. The molecule has 4 nitrogen and oxygen atoms in total. The third-order valence-electron chi connectivity index (χ3n) is 1.43. The lowest BCUT2D eigenvalue weighted by Gasteiger charge is -1.97. The van der Waals surface area contributed by atoms with Crippen molar-refractivity contribution in [3.63, 3.8) is 0 Å². The van der Waals surface area contributed by atoms with E-state index in [-0.39, 0.29) is 0 Å². The molecular weight excluding hydrogens is 142 g/mol. The standard InChI is InChI=1S/C7H5N3O/c11-10-4-3-9-6-1-2-8-5-7(6)10/h1-5H. The van der Waals surface area contributed by atoms with Gasteiger partial charge in [-0.2, -0.15) is 4.73 Å². The van der Waals surface area contributed by atoms with Gasteiger partial charge in [0.05, 0.1) is 6.20 Å². The zero-order chi connectivity index (χ0) is 7.68. The Bertz CT molecular complexity index is 383. The molecule has 0 aliphatic rings. The van der Waals surface area contributed by atoms with E-state index in [4.69, 9.17) is 0 Å². The zero-order valence-electron chi connectivity index (χ0n) is 5.64. The number of hydrogen-bond acceptors (Lipinski definition) is 3. The summed E-state index contributed by atoms with van der Waals surface area (Å²) in [6.45, 7) is 0. The van der Waals surface area contributed by atoms with Gasteiger partial charge in [-0.05, 0) is 6.07 Å². The average Bonchev–Trinajstić information content (AvgIpc) is 2.06. The Balaban J connectivity index is 2.91. The molecule has 0 saturated heterocycles. The van der Waals surface area contributed by atoms with E-state index in [1.165, 1.54) is 18.6 Å². The predicted molar refractivity (Wildman–Crippen MR) is 38.5 cm³/mol. The van der Waals surface area contributed by atoms with Gasteiger partial charge in [0.2, 0.25) is 0 Å². The Morgan fingerprint density at radius 2 is 2.27 bits per heavy atom. The highest BCUT2D eigenvalue weighted by molar-refractivity contribution is 5.68. The number of hydrogen-bond donors (Lipinski definition) is 0. The Morgan fingerprint density at radius 3 is 3.09 bits per heavy atom. The van der Waals surface area contributed by atoms with E-state index in [0.717, 1.165) is 4.73 Å². The first-order valence-corrected chi connectivity index (χ1v) is 3.16. The molecule has 54 valence electrons. The molecule has 2 aromatic heterocycles. The van der Waals surface area contributed by atoms with Crippen LogP contribution < -0.4 is 4.73 Å². The number of pyridine rings is 1. The largest absolute Gasteiger partial charge is 0.618 e. The fraction of sp³-hybridized carbons (Fsp3) is 0. The molecule has 0 atom stereocenters. The van der Waals surface area contributed by atoms with Gasteiger partial charge in [0.25, 0.3) is 5.52 Å². The molecule has 0 fully saturated rings. The van der Waals surface area contributed by atoms with Crippen LogP contribution in [-0.4, -0.2) is 9.97 Å². The summed E-state index contributed by atoms with van der Waals surface area (Å²) < 4.78 is 0.745. The van der Waals surface area contributed by atoms with Gasteiger partial charge in [0.1, 0.15) is 11.7 Å². The Labute approximate surface area is 62.7 Å². The molecule has 0 N–H and O–H groups in total. The molecule has 0 unspecified atom stereocenters. The van der Waals surface area contributed by atoms with Crippen molar-refractivity contribution in [2.75, 3.05) is 0 Å². The minimum Gasteiger partial charge on any atom is -0.618 e. The van der Waals surface area contributed by atoms with E-state index in [1.807, 2.05) is 0 Å². The molecule has 11 heavy (non-hydrogen) atoms. The predicted octanol–water partition coefficient (Wildman–Crippen LogP) is 0.263. The molecule has 0 amide bonds. The lowest BCUT2D eigenvalue weighted by molar-refractivity contribution is -0.577. The summed E-state index contributed by atoms with van der Waals surface area (Å²) in [5, 5.41) is 11.0. The fourth-order valence-corrected chi connectivity index (χ4v) is 0.912. The fourth-order valence-electron chi connectivity index (χ4n) is 0.912. The van der Waals surface area contributed by atoms with Crippen molar-refractivity contribution >= 4 is 11.0 Å². The molecule has 0 aliphatic carbocycles. The minimum atomic E-state index is 0.495. The molecule has 4 heteroatoms. The van der Waals surface area contributed by atoms with Gasteiger partial charge in [-0.15, -0.1) is 0 Å². The lowest BCUT2D eigenvalue weighted by atomic mass is 10.4. The van der Waals surface area contributed by atoms with Crippen LogP contribution in [0.3, 0.4) is 0 Å².